The van der Waals surface area contributed by atoms with Crippen LogP contribution in [0.25, 0.3) is 0 Å². The molecule has 0 radical (unpaired) electrons. The van der Waals surface area contributed by atoms with Gasteiger partial charge in [-0.1, -0.05) is 39.2 Å². The van der Waals surface area contributed by atoms with E-state index in [2.05, 4.69) is 19.2 Å². The van der Waals surface area contributed by atoms with Crippen molar-refractivity contribution in [3.8, 4) is 11.5 Å². The Morgan fingerprint density at radius 2 is 1.95 bits per heavy atom. The molecule has 0 bridgehead atoms. The van der Waals surface area contributed by atoms with Crippen LogP contribution in [0, 0.1) is 0 Å². The number of amides is 1. The van der Waals surface area contributed by atoms with Gasteiger partial charge in [0.1, 0.15) is 11.5 Å². The number of ether oxygens (including phenoxy) is 2. The van der Waals surface area contributed by atoms with E-state index >= 15 is 0 Å². The zero-order chi connectivity index (χ0) is 16.4. The topological polar surface area (TPSA) is 47.6 Å². The van der Waals surface area contributed by atoms with Crippen molar-refractivity contribution >= 4 is 5.91 Å². The van der Waals surface area contributed by atoms with E-state index in [1.165, 1.54) is 19.3 Å². The molecule has 0 saturated carbocycles. The summed E-state index contributed by atoms with van der Waals surface area (Å²) in [4.78, 5) is 12.2. The molecule has 1 atom stereocenters. The molecule has 0 aliphatic rings. The minimum absolute atomic E-state index is 0.0480. The van der Waals surface area contributed by atoms with Gasteiger partial charge in [0.15, 0.2) is 0 Å². The fourth-order valence-corrected chi connectivity index (χ4v) is 2.47. The molecule has 1 aromatic rings. The molecule has 0 saturated heterocycles. The Morgan fingerprint density at radius 3 is 2.55 bits per heavy atom. The molecule has 124 valence electrons. The predicted octanol–water partition coefficient (Wildman–Crippen LogP) is 3.72. The standard InChI is InChI=1S/C18H29NO3/c1-5-7-8-9-15(6-2)19-18(20)12-14-10-11-16(21-3)13-17(14)22-4/h10-11,13,15H,5-9,12H2,1-4H3,(H,19,20). The number of unbranched alkanes of at least 4 members (excludes halogenated alkanes) is 2. The summed E-state index contributed by atoms with van der Waals surface area (Å²) in [6.45, 7) is 4.31. The normalized spacial score (nSPS) is 11.8. The Balaban J connectivity index is 2.60. The van der Waals surface area contributed by atoms with Crippen molar-refractivity contribution in [3.63, 3.8) is 0 Å². The third-order valence-electron chi connectivity index (χ3n) is 3.86. The molecule has 0 heterocycles. The number of carbonyl (C=O) groups excluding carboxylic acids is 1. The molecule has 0 aliphatic heterocycles. The van der Waals surface area contributed by atoms with E-state index in [0.29, 0.717) is 12.2 Å². The Morgan fingerprint density at radius 1 is 1.18 bits per heavy atom. The molecule has 4 heteroatoms. The maximum Gasteiger partial charge on any atom is 0.224 e. The number of hydrogen-bond acceptors (Lipinski definition) is 3. The summed E-state index contributed by atoms with van der Waals surface area (Å²) in [7, 11) is 3.22. The van der Waals surface area contributed by atoms with E-state index in [-0.39, 0.29) is 11.9 Å². The molecule has 0 fully saturated rings. The zero-order valence-electron chi connectivity index (χ0n) is 14.3. The number of methoxy groups -OCH3 is 2. The second-order valence-corrected chi connectivity index (χ2v) is 5.52. The molecule has 0 aliphatic carbocycles. The largest absolute Gasteiger partial charge is 0.497 e. The summed E-state index contributed by atoms with van der Waals surface area (Å²) >= 11 is 0. The van der Waals surface area contributed by atoms with E-state index < -0.39 is 0 Å². The van der Waals surface area contributed by atoms with Crippen LogP contribution in [0.3, 0.4) is 0 Å². The van der Waals surface area contributed by atoms with Crippen molar-refractivity contribution in [3.05, 3.63) is 23.8 Å². The first-order chi connectivity index (χ1) is 10.6. The van der Waals surface area contributed by atoms with E-state index in [4.69, 9.17) is 9.47 Å². The highest BCUT2D eigenvalue weighted by molar-refractivity contribution is 5.79. The summed E-state index contributed by atoms with van der Waals surface area (Å²) in [5.74, 6) is 1.47. The monoisotopic (exact) mass is 307 g/mol. The summed E-state index contributed by atoms with van der Waals surface area (Å²) in [6.07, 6.45) is 5.94. The molecule has 0 spiro atoms. The minimum atomic E-state index is 0.0480. The highest BCUT2D eigenvalue weighted by Crippen LogP contribution is 2.25. The molecule has 1 aromatic carbocycles. The van der Waals surface area contributed by atoms with Crippen LogP contribution >= 0.6 is 0 Å². The van der Waals surface area contributed by atoms with Crippen molar-refractivity contribution in [2.75, 3.05) is 14.2 Å². The maximum absolute atomic E-state index is 12.2. The SMILES string of the molecule is CCCCCC(CC)NC(=O)Cc1ccc(OC)cc1OC. The maximum atomic E-state index is 12.2. The lowest BCUT2D eigenvalue weighted by atomic mass is 10.0. The smallest absolute Gasteiger partial charge is 0.224 e. The van der Waals surface area contributed by atoms with Gasteiger partial charge in [-0.15, -0.1) is 0 Å². The van der Waals surface area contributed by atoms with Crippen LogP contribution in [0.15, 0.2) is 18.2 Å². The van der Waals surface area contributed by atoms with Gasteiger partial charge < -0.3 is 14.8 Å². The van der Waals surface area contributed by atoms with Crippen molar-refractivity contribution in [2.24, 2.45) is 0 Å². The van der Waals surface area contributed by atoms with Crippen LogP contribution < -0.4 is 14.8 Å². The lowest BCUT2D eigenvalue weighted by Gasteiger charge is -2.17. The zero-order valence-corrected chi connectivity index (χ0v) is 14.3. The molecule has 1 rings (SSSR count). The summed E-state index contributed by atoms with van der Waals surface area (Å²) in [5, 5.41) is 3.13. The predicted molar refractivity (Wildman–Crippen MR) is 89.6 cm³/mol. The quantitative estimate of drug-likeness (QED) is 0.670. The number of hydrogen-bond donors (Lipinski definition) is 1. The summed E-state index contributed by atoms with van der Waals surface area (Å²) in [6, 6.07) is 5.81. The molecule has 0 aromatic heterocycles. The lowest BCUT2D eigenvalue weighted by Crippen LogP contribution is -2.35. The lowest BCUT2D eigenvalue weighted by molar-refractivity contribution is -0.121. The Labute approximate surface area is 134 Å². The van der Waals surface area contributed by atoms with Crippen LogP contribution in [-0.2, 0) is 11.2 Å². The summed E-state index contributed by atoms with van der Waals surface area (Å²) in [5.41, 5.74) is 0.879. The van der Waals surface area contributed by atoms with Gasteiger partial charge in [0.05, 0.1) is 20.6 Å². The molecular formula is C18H29NO3. The van der Waals surface area contributed by atoms with E-state index in [1.54, 1.807) is 20.3 Å². The molecule has 22 heavy (non-hydrogen) atoms. The fraction of sp³-hybridized carbons (Fsp3) is 0.611. The Kier molecular flexibility index (Phi) is 8.41. The van der Waals surface area contributed by atoms with Crippen molar-refractivity contribution in [1.82, 2.24) is 5.32 Å². The van der Waals surface area contributed by atoms with Gasteiger partial charge in [0.2, 0.25) is 5.91 Å². The number of benzene rings is 1. The van der Waals surface area contributed by atoms with Crippen LogP contribution in [0.1, 0.15) is 51.5 Å². The third-order valence-corrected chi connectivity index (χ3v) is 3.86. The van der Waals surface area contributed by atoms with E-state index in [0.717, 1.165) is 24.2 Å². The average molecular weight is 307 g/mol. The van der Waals surface area contributed by atoms with Gasteiger partial charge in [-0.25, -0.2) is 0 Å². The minimum Gasteiger partial charge on any atom is -0.497 e. The third kappa shape index (κ3) is 5.96. The van der Waals surface area contributed by atoms with Crippen LogP contribution in [0.2, 0.25) is 0 Å². The van der Waals surface area contributed by atoms with Crippen molar-refractivity contribution in [2.45, 2.75) is 58.4 Å². The molecule has 1 amide bonds. The van der Waals surface area contributed by atoms with Gasteiger partial charge in [0.25, 0.3) is 0 Å². The second-order valence-electron chi connectivity index (χ2n) is 5.52. The average Bonchev–Trinajstić information content (AvgIpc) is 2.54. The van der Waals surface area contributed by atoms with Crippen molar-refractivity contribution in [1.29, 1.82) is 0 Å². The highest BCUT2D eigenvalue weighted by atomic mass is 16.5. The van der Waals surface area contributed by atoms with Crippen LogP contribution in [0.5, 0.6) is 11.5 Å². The molecule has 1 N–H and O–H groups in total. The Hall–Kier alpha value is -1.71. The number of carbonyl (C=O) groups is 1. The fourth-order valence-electron chi connectivity index (χ4n) is 2.47. The van der Waals surface area contributed by atoms with Crippen molar-refractivity contribution < 1.29 is 14.3 Å². The van der Waals surface area contributed by atoms with Gasteiger partial charge in [-0.05, 0) is 18.9 Å². The number of rotatable bonds is 10. The first kappa shape index (κ1) is 18.3. The molecule has 1 unspecified atom stereocenters. The van der Waals surface area contributed by atoms with Gasteiger partial charge in [-0.3, -0.25) is 4.79 Å². The first-order valence-corrected chi connectivity index (χ1v) is 8.14. The van der Waals surface area contributed by atoms with E-state index in [1.807, 2.05) is 12.1 Å². The second kappa shape index (κ2) is 10.1. The molecular weight excluding hydrogens is 278 g/mol. The van der Waals surface area contributed by atoms with Crippen LogP contribution in [-0.4, -0.2) is 26.2 Å². The molecule has 4 nitrogen and oxygen atoms in total. The first-order valence-electron chi connectivity index (χ1n) is 8.14. The number of nitrogens with one attached hydrogen (secondary N) is 1. The summed E-state index contributed by atoms with van der Waals surface area (Å²) < 4.78 is 10.5. The van der Waals surface area contributed by atoms with Gasteiger partial charge in [-0.2, -0.15) is 0 Å². The van der Waals surface area contributed by atoms with E-state index in [9.17, 15) is 4.79 Å². The van der Waals surface area contributed by atoms with Crippen LogP contribution in [0.4, 0.5) is 0 Å². The highest BCUT2D eigenvalue weighted by Gasteiger charge is 2.13. The Bertz CT molecular complexity index is 460. The van der Waals surface area contributed by atoms with Gasteiger partial charge in [0, 0.05) is 17.7 Å². The van der Waals surface area contributed by atoms with Gasteiger partial charge >= 0.3 is 0 Å².